The van der Waals surface area contributed by atoms with Crippen LogP contribution in [0, 0.1) is 0 Å². The molecular formula is C8H9NO. The second-order valence-corrected chi connectivity index (χ2v) is 3.41. The minimum Gasteiger partial charge on any atom is -0.329 e. The molecule has 0 spiro atoms. The maximum absolute atomic E-state index is 11.2. The number of carbonyl (C=O) groups excluding carboxylic acids is 1. The summed E-state index contributed by atoms with van der Waals surface area (Å²) in [5, 5.41) is 0. The van der Waals surface area contributed by atoms with E-state index in [9.17, 15) is 4.79 Å². The molecule has 1 heterocycles. The van der Waals surface area contributed by atoms with Gasteiger partial charge in [0.15, 0.2) is 0 Å². The van der Waals surface area contributed by atoms with Crippen molar-refractivity contribution in [3.63, 3.8) is 0 Å². The third-order valence-electron chi connectivity index (χ3n) is 1.94. The summed E-state index contributed by atoms with van der Waals surface area (Å²) >= 11 is 0. The quantitative estimate of drug-likeness (QED) is 0.383. The van der Waals surface area contributed by atoms with Gasteiger partial charge in [-0.1, -0.05) is 0 Å². The molecule has 2 aliphatic rings. The molecule has 2 heteroatoms. The number of rotatable bonds is 1. The first-order chi connectivity index (χ1) is 4.61. The summed E-state index contributed by atoms with van der Waals surface area (Å²) < 4.78 is 0. The summed E-state index contributed by atoms with van der Waals surface area (Å²) in [4.78, 5) is 13.0. The Hall–Kier alpha value is -1.01. The largest absolute Gasteiger partial charge is 0.329 e. The highest BCUT2D eigenvalue weighted by atomic mass is 16.2. The fourth-order valence-electron chi connectivity index (χ4n) is 1.00. The van der Waals surface area contributed by atoms with Gasteiger partial charge in [0.2, 0.25) is 0 Å². The van der Waals surface area contributed by atoms with Gasteiger partial charge in [0.1, 0.15) is 0 Å². The highest BCUT2D eigenvalue weighted by molar-refractivity contribution is 6.01. The van der Waals surface area contributed by atoms with Crippen LogP contribution in [0.1, 0.15) is 13.8 Å². The van der Waals surface area contributed by atoms with E-state index in [-0.39, 0.29) is 11.4 Å². The molecule has 0 N–H and O–H groups in total. The molecule has 0 bridgehead atoms. The highest BCUT2D eigenvalue weighted by Gasteiger charge is 2.47. The zero-order valence-electron chi connectivity index (χ0n) is 6.14. The van der Waals surface area contributed by atoms with Gasteiger partial charge < -0.3 is 4.90 Å². The van der Waals surface area contributed by atoms with Crippen molar-refractivity contribution in [1.29, 1.82) is 0 Å². The summed E-state index contributed by atoms with van der Waals surface area (Å²) in [5.41, 5.74) is 3.66. The minimum atomic E-state index is 0.113. The Balaban J connectivity index is 2.03. The van der Waals surface area contributed by atoms with Crippen LogP contribution >= 0.6 is 0 Å². The Bertz CT molecular complexity index is 269. The summed E-state index contributed by atoms with van der Waals surface area (Å²) in [5.74, 6) is 0.144. The second kappa shape index (κ2) is 1.35. The van der Waals surface area contributed by atoms with Crippen LogP contribution < -0.4 is 0 Å². The smallest absolute Gasteiger partial charge is 0.262 e. The molecule has 1 saturated heterocycles. The fourth-order valence-corrected chi connectivity index (χ4v) is 1.00. The average molecular weight is 135 g/mol. The number of amides is 1. The van der Waals surface area contributed by atoms with Crippen molar-refractivity contribution in [3.05, 3.63) is 17.4 Å². The molecular weight excluding hydrogens is 126 g/mol. The van der Waals surface area contributed by atoms with Crippen LogP contribution in [0.25, 0.3) is 0 Å². The van der Waals surface area contributed by atoms with Crippen molar-refractivity contribution in [2.24, 2.45) is 0 Å². The first kappa shape index (κ1) is 5.75. The minimum absolute atomic E-state index is 0.113. The lowest BCUT2D eigenvalue weighted by Gasteiger charge is -2.02. The van der Waals surface area contributed by atoms with Crippen molar-refractivity contribution >= 4 is 5.91 Å². The number of nitrogens with zero attached hydrogens (tertiary/aromatic N) is 1. The lowest BCUT2D eigenvalue weighted by Crippen LogP contribution is -2.16. The highest BCUT2D eigenvalue weighted by Crippen LogP contribution is 2.33. The number of carbonyl (C=O) groups is 1. The van der Waals surface area contributed by atoms with E-state index in [0.717, 1.165) is 12.1 Å². The molecule has 1 aliphatic heterocycles. The van der Waals surface area contributed by atoms with E-state index in [1.54, 1.807) is 6.08 Å². The van der Waals surface area contributed by atoms with Crippen LogP contribution in [-0.2, 0) is 4.79 Å². The van der Waals surface area contributed by atoms with Crippen LogP contribution in [0.15, 0.2) is 17.4 Å². The SMILES string of the molecule is CC1(C)CN1C(=O)C1=C=C1. The van der Waals surface area contributed by atoms with Crippen molar-refractivity contribution in [1.82, 2.24) is 4.90 Å². The Kier molecular flexibility index (Phi) is 0.778. The van der Waals surface area contributed by atoms with Crippen molar-refractivity contribution < 1.29 is 4.79 Å². The van der Waals surface area contributed by atoms with Crippen LogP contribution in [0.3, 0.4) is 0 Å². The summed E-state index contributed by atoms with van der Waals surface area (Å²) in [7, 11) is 0. The molecule has 1 fully saturated rings. The van der Waals surface area contributed by atoms with E-state index in [4.69, 9.17) is 0 Å². The van der Waals surface area contributed by atoms with E-state index in [1.807, 2.05) is 4.90 Å². The Labute approximate surface area is 59.8 Å². The van der Waals surface area contributed by atoms with Crippen molar-refractivity contribution in [3.8, 4) is 0 Å². The molecule has 2 nitrogen and oxygen atoms in total. The zero-order chi connectivity index (χ0) is 7.35. The lowest BCUT2D eigenvalue weighted by atomic mass is 10.2. The Morgan fingerprint density at radius 2 is 2.30 bits per heavy atom. The summed E-state index contributed by atoms with van der Waals surface area (Å²) in [6.45, 7) is 5.02. The second-order valence-electron chi connectivity index (χ2n) is 3.41. The van der Waals surface area contributed by atoms with Crippen molar-refractivity contribution in [2.45, 2.75) is 19.4 Å². The van der Waals surface area contributed by atoms with Gasteiger partial charge in [0, 0.05) is 12.6 Å². The van der Waals surface area contributed by atoms with E-state index < -0.39 is 0 Å². The van der Waals surface area contributed by atoms with Gasteiger partial charge in [-0.25, -0.2) is 0 Å². The van der Waals surface area contributed by atoms with Crippen LogP contribution in [0.4, 0.5) is 0 Å². The number of hydrogen-bond acceptors (Lipinski definition) is 1. The molecule has 0 aromatic rings. The molecule has 1 aliphatic carbocycles. The van der Waals surface area contributed by atoms with Gasteiger partial charge in [-0.2, -0.15) is 0 Å². The summed E-state index contributed by atoms with van der Waals surface area (Å²) in [6.07, 6.45) is 1.73. The van der Waals surface area contributed by atoms with Crippen LogP contribution in [0.2, 0.25) is 0 Å². The van der Waals surface area contributed by atoms with E-state index in [2.05, 4.69) is 19.6 Å². The van der Waals surface area contributed by atoms with E-state index in [1.165, 1.54) is 0 Å². The van der Waals surface area contributed by atoms with Gasteiger partial charge in [-0.15, -0.1) is 5.73 Å². The lowest BCUT2D eigenvalue weighted by molar-refractivity contribution is -0.122. The first-order valence-electron chi connectivity index (χ1n) is 3.40. The summed E-state index contributed by atoms with van der Waals surface area (Å²) in [6, 6.07) is 0. The molecule has 0 unspecified atom stereocenters. The molecule has 0 radical (unpaired) electrons. The third kappa shape index (κ3) is 0.695. The van der Waals surface area contributed by atoms with Gasteiger partial charge in [0.25, 0.3) is 5.91 Å². The normalized spacial score (nSPS) is 24.2. The van der Waals surface area contributed by atoms with Gasteiger partial charge in [-0.3, -0.25) is 4.79 Å². The molecule has 2 rings (SSSR count). The van der Waals surface area contributed by atoms with Gasteiger partial charge in [0.05, 0.1) is 11.1 Å². The van der Waals surface area contributed by atoms with E-state index >= 15 is 0 Å². The Morgan fingerprint density at radius 3 is 2.60 bits per heavy atom. The predicted molar refractivity (Wildman–Crippen MR) is 37.4 cm³/mol. The van der Waals surface area contributed by atoms with Crippen LogP contribution in [0.5, 0.6) is 0 Å². The molecule has 0 saturated carbocycles. The molecule has 0 aromatic carbocycles. The monoisotopic (exact) mass is 135 g/mol. The maximum atomic E-state index is 11.2. The molecule has 10 heavy (non-hydrogen) atoms. The molecule has 52 valence electrons. The third-order valence-corrected chi connectivity index (χ3v) is 1.94. The van der Waals surface area contributed by atoms with E-state index in [0.29, 0.717) is 0 Å². The molecule has 0 aromatic heterocycles. The predicted octanol–water partition coefficient (Wildman–Crippen LogP) is 0.702. The van der Waals surface area contributed by atoms with Crippen LogP contribution in [-0.4, -0.2) is 22.9 Å². The fraction of sp³-hybridized carbons (Fsp3) is 0.500. The van der Waals surface area contributed by atoms with Crippen molar-refractivity contribution in [2.75, 3.05) is 6.54 Å². The van der Waals surface area contributed by atoms with Gasteiger partial charge in [-0.05, 0) is 13.8 Å². The number of hydrogen-bond donors (Lipinski definition) is 0. The maximum Gasteiger partial charge on any atom is 0.262 e. The topological polar surface area (TPSA) is 20.1 Å². The van der Waals surface area contributed by atoms with Gasteiger partial charge >= 0.3 is 0 Å². The molecule has 1 amide bonds. The Morgan fingerprint density at radius 1 is 1.80 bits per heavy atom. The molecule has 0 atom stereocenters. The standard InChI is InChI=1S/C8H9NO/c1-8(2)5-9(8)7(10)6-3-4-6/h3H,5H2,1-2H3. The first-order valence-corrected chi connectivity index (χ1v) is 3.40. The average Bonchev–Trinajstić information content (AvgIpc) is 2.62. The zero-order valence-corrected chi connectivity index (χ0v) is 6.14.